The molecule has 0 spiro atoms. The Morgan fingerprint density at radius 3 is 2.43 bits per heavy atom. The van der Waals surface area contributed by atoms with Gasteiger partial charge in [-0.3, -0.25) is 0 Å². The van der Waals surface area contributed by atoms with Crippen LogP contribution in [0.25, 0.3) is 17.0 Å². The number of nitrogens with two attached hydrogens (primary N) is 1. The lowest BCUT2D eigenvalue weighted by Gasteiger charge is -2.18. The fourth-order valence-electron chi connectivity index (χ4n) is 3.18. The van der Waals surface area contributed by atoms with Crippen molar-refractivity contribution < 1.29 is 18.0 Å². The highest BCUT2D eigenvalue weighted by atomic mass is 19.4. The average Bonchev–Trinajstić information content (AvgIpc) is 3.06. The number of allylic oxidation sites excluding steroid dienone is 1. The Hall–Kier alpha value is -3.40. The summed E-state index contributed by atoms with van der Waals surface area (Å²) in [4.78, 5) is 17.6. The Morgan fingerprint density at radius 1 is 1.17 bits per heavy atom. The zero-order chi connectivity index (χ0) is 22.1. The van der Waals surface area contributed by atoms with Gasteiger partial charge in [0.1, 0.15) is 0 Å². The molecule has 0 unspecified atom stereocenters. The number of aryl methyl sites for hydroxylation is 2. The molecule has 0 aliphatic carbocycles. The number of aromatic nitrogens is 4. The van der Waals surface area contributed by atoms with Crippen LogP contribution in [0.3, 0.4) is 0 Å². The third-order valence-electron chi connectivity index (χ3n) is 4.77. The highest BCUT2D eigenvalue weighted by Crippen LogP contribution is 2.35. The molecule has 30 heavy (non-hydrogen) atoms. The first-order valence-electron chi connectivity index (χ1n) is 9.05. The van der Waals surface area contributed by atoms with Crippen molar-refractivity contribution in [3.05, 3.63) is 75.2 Å². The molecular weight excluding hydrogens is 399 g/mol. The normalized spacial score (nSPS) is 12.6. The predicted octanol–water partition coefficient (Wildman–Crippen LogP) is 3.33. The molecule has 0 saturated heterocycles. The van der Waals surface area contributed by atoms with Gasteiger partial charge in [0.15, 0.2) is 5.76 Å². The predicted molar refractivity (Wildman–Crippen MR) is 105 cm³/mol. The summed E-state index contributed by atoms with van der Waals surface area (Å²) < 4.78 is 41.6. The maximum atomic E-state index is 13.2. The Balaban J connectivity index is 2.29. The van der Waals surface area contributed by atoms with Crippen LogP contribution in [0.4, 0.5) is 13.2 Å². The van der Waals surface area contributed by atoms with Crippen LogP contribution in [0, 0.1) is 0 Å². The number of tetrazole rings is 1. The van der Waals surface area contributed by atoms with E-state index in [-0.39, 0.29) is 11.3 Å². The first kappa shape index (κ1) is 21.3. The van der Waals surface area contributed by atoms with Crippen molar-refractivity contribution in [3.8, 4) is 5.69 Å². The smallest absolute Gasteiger partial charge is 0.410 e. The van der Waals surface area contributed by atoms with E-state index < -0.39 is 17.4 Å². The van der Waals surface area contributed by atoms with E-state index in [0.29, 0.717) is 23.2 Å². The Bertz CT molecular complexity index is 1160. The quantitative estimate of drug-likeness (QED) is 0.389. The average molecular weight is 419 g/mol. The molecule has 2 N–H and O–H groups in total. The Kier molecular flexibility index (Phi) is 5.79. The zero-order valence-electron chi connectivity index (χ0n) is 16.6. The van der Waals surface area contributed by atoms with Gasteiger partial charge in [-0.1, -0.05) is 31.2 Å². The standard InChI is InChI=1S/C20H20F3N5O2/c1-4-13-7-6-10-16(28-19(29)27(3)25-26-28)17(13)18(30-24)12(2)14-8-5-9-15(11-14)20(21,22)23/h5-11H,4,24H2,1-3H3/b18-12+. The summed E-state index contributed by atoms with van der Waals surface area (Å²) in [6.07, 6.45) is -3.93. The molecule has 10 heteroatoms. The van der Waals surface area contributed by atoms with Crippen LogP contribution in [0.2, 0.25) is 0 Å². The van der Waals surface area contributed by atoms with Crippen LogP contribution in [-0.4, -0.2) is 19.8 Å². The maximum Gasteiger partial charge on any atom is 0.416 e. The van der Waals surface area contributed by atoms with E-state index in [2.05, 4.69) is 10.4 Å². The van der Waals surface area contributed by atoms with E-state index in [4.69, 9.17) is 10.7 Å². The van der Waals surface area contributed by atoms with Crippen molar-refractivity contribution in [1.29, 1.82) is 0 Å². The molecule has 0 atom stereocenters. The van der Waals surface area contributed by atoms with Crippen molar-refractivity contribution in [2.75, 3.05) is 0 Å². The van der Waals surface area contributed by atoms with Crippen LogP contribution >= 0.6 is 0 Å². The summed E-state index contributed by atoms with van der Waals surface area (Å²) in [5.74, 6) is 5.71. The molecule has 0 aliphatic rings. The molecular formula is C20H20F3N5O2. The number of alkyl halides is 3. The molecule has 0 aliphatic heterocycles. The molecule has 158 valence electrons. The minimum atomic E-state index is -4.49. The molecule has 0 fully saturated rings. The van der Waals surface area contributed by atoms with Gasteiger partial charge in [0.2, 0.25) is 0 Å². The van der Waals surface area contributed by atoms with E-state index in [1.54, 1.807) is 19.1 Å². The lowest BCUT2D eigenvalue weighted by molar-refractivity contribution is -0.137. The van der Waals surface area contributed by atoms with Crippen molar-refractivity contribution in [2.45, 2.75) is 26.4 Å². The Morgan fingerprint density at radius 2 is 1.87 bits per heavy atom. The van der Waals surface area contributed by atoms with Gasteiger partial charge < -0.3 is 4.84 Å². The van der Waals surface area contributed by atoms with Gasteiger partial charge >= 0.3 is 11.9 Å². The third-order valence-corrected chi connectivity index (χ3v) is 4.77. The Labute approximate surface area is 170 Å². The molecule has 3 aromatic rings. The number of hydrogen-bond acceptors (Lipinski definition) is 5. The van der Waals surface area contributed by atoms with E-state index in [1.807, 2.05) is 13.0 Å². The SMILES string of the molecule is CCc1cccc(-n2nnn(C)c2=O)c1/C(ON)=C(/C)c1cccc(C(F)(F)F)c1. The summed E-state index contributed by atoms with van der Waals surface area (Å²) in [6.45, 7) is 3.50. The molecule has 0 bridgehead atoms. The first-order chi connectivity index (χ1) is 14.2. The topological polar surface area (TPSA) is 88.0 Å². The maximum absolute atomic E-state index is 13.2. The summed E-state index contributed by atoms with van der Waals surface area (Å²) in [7, 11) is 1.46. The summed E-state index contributed by atoms with van der Waals surface area (Å²) in [5.41, 5.74) is 0.981. The third kappa shape index (κ3) is 3.86. The monoisotopic (exact) mass is 419 g/mol. The summed E-state index contributed by atoms with van der Waals surface area (Å²) in [5, 5.41) is 7.59. The van der Waals surface area contributed by atoms with Crippen LogP contribution in [0.5, 0.6) is 0 Å². The largest absolute Gasteiger partial charge is 0.416 e. The minimum absolute atomic E-state index is 0.138. The molecule has 0 amide bonds. The number of rotatable bonds is 5. The molecule has 3 rings (SSSR count). The van der Waals surface area contributed by atoms with Crippen LogP contribution in [-0.2, 0) is 24.5 Å². The molecule has 7 nitrogen and oxygen atoms in total. The van der Waals surface area contributed by atoms with Gasteiger partial charge in [0, 0.05) is 18.2 Å². The highest BCUT2D eigenvalue weighted by molar-refractivity contribution is 5.90. The van der Waals surface area contributed by atoms with Crippen LogP contribution < -0.4 is 11.6 Å². The van der Waals surface area contributed by atoms with Gasteiger partial charge in [0.05, 0.1) is 11.3 Å². The van der Waals surface area contributed by atoms with Gasteiger partial charge in [-0.2, -0.15) is 28.4 Å². The number of benzene rings is 2. The second kappa shape index (κ2) is 8.15. The van der Waals surface area contributed by atoms with Crippen molar-refractivity contribution in [2.24, 2.45) is 12.9 Å². The fourth-order valence-corrected chi connectivity index (χ4v) is 3.18. The fraction of sp³-hybridized carbons (Fsp3) is 0.250. The second-order valence-electron chi connectivity index (χ2n) is 6.61. The van der Waals surface area contributed by atoms with Gasteiger partial charge in [-0.25, -0.2) is 4.79 Å². The van der Waals surface area contributed by atoms with Gasteiger partial charge in [-0.05, 0) is 53.1 Å². The molecule has 0 saturated carbocycles. The summed E-state index contributed by atoms with van der Waals surface area (Å²) >= 11 is 0. The van der Waals surface area contributed by atoms with Crippen LogP contribution in [0.15, 0.2) is 47.3 Å². The molecule has 0 radical (unpaired) electrons. The van der Waals surface area contributed by atoms with Crippen LogP contribution in [0.1, 0.15) is 36.1 Å². The second-order valence-corrected chi connectivity index (χ2v) is 6.61. The van der Waals surface area contributed by atoms with Crippen molar-refractivity contribution in [3.63, 3.8) is 0 Å². The summed E-state index contributed by atoms with van der Waals surface area (Å²) in [6, 6.07) is 10.1. The number of nitrogens with zero attached hydrogens (tertiary/aromatic N) is 4. The highest BCUT2D eigenvalue weighted by Gasteiger charge is 2.31. The van der Waals surface area contributed by atoms with E-state index in [9.17, 15) is 18.0 Å². The number of hydrogen-bond donors (Lipinski definition) is 1. The number of halogens is 3. The minimum Gasteiger partial charge on any atom is -0.410 e. The first-order valence-corrected chi connectivity index (χ1v) is 9.05. The molecule has 1 heterocycles. The lowest BCUT2D eigenvalue weighted by Crippen LogP contribution is -2.23. The lowest BCUT2D eigenvalue weighted by atomic mass is 9.95. The molecule has 1 aromatic heterocycles. The molecule has 2 aromatic carbocycles. The van der Waals surface area contributed by atoms with E-state index in [1.165, 1.54) is 19.2 Å². The van der Waals surface area contributed by atoms with Gasteiger partial charge in [-0.15, -0.1) is 0 Å². The van der Waals surface area contributed by atoms with E-state index in [0.717, 1.165) is 27.1 Å². The van der Waals surface area contributed by atoms with Crippen molar-refractivity contribution in [1.82, 2.24) is 19.8 Å². The van der Waals surface area contributed by atoms with E-state index >= 15 is 0 Å². The van der Waals surface area contributed by atoms with Crippen molar-refractivity contribution >= 4 is 11.3 Å². The van der Waals surface area contributed by atoms with Gasteiger partial charge in [0.25, 0.3) is 0 Å². The zero-order valence-corrected chi connectivity index (χ0v) is 16.6.